The van der Waals surface area contributed by atoms with Gasteiger partial charge in [-0.1, -0.05) is 20.8 Å². The molecular weight excluding hydrogens is 142 g/mol. The van der Waals surface area contributed by atoms with Crippen LogP contribution in [0, 0.1) is 0 Å². The van der Waals surface area contributed by atoms with E-state index in [9.17, 15) is 0 Å². The molecule has 2 heteroatoms. The van der Waals surface area contributed by atoms with Crippen LogP contribution in [0.25, 0.3) is 0 Å². The predicted octanol–water partition coefficient (Wildman–Crippen LogP) is 2.85. The average molecular weight is 161 g/mol. The molecule has 0 rings (SSSR count). The SMILES string of the molecule is CC.CCS/C(C)=C\NC. The monoisotopic (exact) mass is 161 g/mol. The molecule has 1 N–H and O–H groups in total. The van der Waals surface area contributed by atoms with E-state index in [1.165, 1.54) is 4.91 Å². The molecule has 0 bridgehead atoms. The molecule has 0 radical (unpaired) electrons. The van der Waals surface area contributed by atoms with Crippen molar-refractivity contribution in [1.82, 2.24) is 5.32 Å². The highest BCUT2D eigenvalue weighted by Gasteiger charge is 1.82. The van der Waals surface area contributed by atoms with Gasteiger partial charge in [-0.05, 0) is 17.6 Å². The van der Waals surface area contributed by atoms with Crippen LogP contribution in [-0.2, 0) is 0 Å². The number of nitrogens with one attached hydrogen (secondary N) is 1. The van der Waals surface area contributed by atoms with Gasteiger partial charge in [0.2, 0.25) is 0 Å². The van der Waals surface area contributed by atoms with Gasteiger partial charge in [0.1, 0.15) is 0 Å². The van der Waals surface area contributed by atoms with Gasteiger partial charge in [0.15, 0.2) is 0 Å². The van der Waals surface area contributed by atoms with Gasteiger partial charge in [0.05, 0.1) is 0 Å². The molecule has 0 fully saturated rings. The maximum absolute atomic E-state index is 2.97. The Bertz CT molecular complexity index is 79.3. The van der Waals surface area contributed by atoms with Crippen LogP contribution in [0.5, 0.6) is 0 Å². The fourth-order valence-corrected chi connectivity index (χ4v) is 1.13. The van der Waals surface area contributed by atoms with E-state index in [2.05, 4.69) is 19.2 Å². The average Bonchev–Trinajstić information content (AvgIpc) is 1.93. The molecule has 0 aliphatic carbocycles. The second-order valence-electron chi connectivity index (χ2n) is 1.48. The zero-order chi connectivity index (χ0) is 8.41. The van der Waals surface area contributed by atoms with Crippen LogP contribution in [-0.4, -0.2) is 12.8 Å². The Kier molecular flexibility index (Phi) is 14.6. The Hall–Kier alpha value is -0.110. The first-order chi connectivity index (χ1) is 4.81. The van der Waals surface area contributed by atoms with E-state index in [0.717, 1.165) is 5.75 Å². The summed E-state index contributed by atoms with van der Waals surface area (Å²) in [7, 11) is 1.92. The summed E-state index contributed by atoms with van der Waals surface area (Å²) in [5.41, 5.74) is 0. The Morgan fingerprint density at radius 1 is 1.50 bits per heavy atom. The highest BCUT2D eigenvalue weighted by Crippen LogP contribution is 2.11. The summed E-state index contributed by atoms with van der Waals surface area (Å²) in [6.07, 6.45) is 2.01. The van der Waals surface area contributed by atoms with Crippen LogP contribution in [0.1, 0.15) is 27.7 Å². The first-order valence-corrected chi connectivity index (χ1v) is 4.76. The molecule has 0 aliphatic rings. The van der Waals surface area contributed by atoms with Crippen LogP contribution in [0.15, 0.2) is 11.1 Å². The van der Waals surface area contributed by atoms with Crippen molar-refractivity contribution >= 4 is 11.8 Å². The summed E-state index contributed by atoms with van der Waals surface area (Å²) in [4.78, 5) is 1.34. The van der Waals surface area contributed by atoms with Crippen molar-refractivity contribution in [3.05, 3.63) is 11.1 Å². The number of hydrogen-bond donors (Lipinski definition) is 1. The Morgan fingerprint density at radius 2 is 2.00 bits per heavy atom. The first kappa shape index (κ1) is 12.6. The summed E-state index contributed by atoms with van der Waals surface area (Å²) in [5.74, 6) is 1.16. The van der Waals surface area contributed by atoms with E-state index in [1.54, 1.807) is 0 Å². The zero-order valence-corrected chi connectivity index (χ0v) is 8.51. The molecule has 0 aromatic carbocycles. The van der Waals surface area contributed by atoms with Gasteiger partial charge in [-0.3, -0.25) is 0 Å². The van der Waals surface area contributed by atoms with Crippen molar-refractivity contribution in [3.63, 3.8) is 0 Å². The molecule has 0 spiro atoms. The Morgan fingerprint density at radius 3 is 2.30 bits per heavy atom. The molecule has 0 unspecified atom stereocenters. The number of rotatable bonds is 3. The Labute approximate surface area is 69.3 Å². The predicted molar refractivity (Wildman–Crippen MR) is 52.3 cm³/mol. The molecule has 0 aromatic heterocycles. The van der Waals surface area contributed by atoms with Gasteiger partial charge in [-0.15, -0.1) is 11.8 Å². The standard InChI is InChI=1S/C6H13NS.C2H6/c1-4-8-6(2)5-7-3;1-2/h5,7H,4H2,1-3H3;1-2H3/b6-5-;. The maximum atomic E-state index is 2.97. The first-order valence-electron chi connectivity index (χ1n) is 3.78. The van der Waals surface area contributed by atoms with Crippen molar-refractivity contribution in [2.45, 2.75) is 27.7 Å². The van der Waals surface area contributed by atoms with Crippen LogP contribution < -0.4 is 5.32 Å². The van der Waals surface area contributed by atoms with E-state index in [4.69, 9.17) is 0 Å². The van der Waals surface area contributed by atoms with Gasteiger partial charge >= 0.3 is 0 Å². The third-order valence-electron chi connectivity index (χ3n) is 0.720. The van der Waals surface area contributed by atoms with E-state index in [1.807, 2.05) is 38.9 Å². The Balaban J connectivity index is 0. The largest absolute Gasteiger partial charge is 0.393 e. The van der Waals surface area contributed by atoms with Crippen molar-refractivity contribution in [3.8, 4) is 0 Å². The highest BCUT2D eigenvalue weighted by molar-refractivity contribution is 8.03. The molecule has 0 aromatic rings. The molecule has 10 heavy (non-hydrogen) atoms. The third kappa shape index (κ3) is 10.8. The fourth-order valence-electron chi connectivity index (χ4n) is 0.473. The molecule has 0 heterocycles. The zero-order valence-electron chi connectivity index (χ0n) is 7.69. The molecule has 0 aliphatic heterocycles. The lowest BCUT2D eigenvalue weighted by Gasteiger charge is -1.94. The summed E-state index contributed by atoms with van der Waals surface area (Å²) >= 11 is 1.85. The van der Waals surface area contributed by atoms with Gasteiger partial charge in [0, 0.05) is 13.2 Å². The quantitative estimate of drug-likeness (QED) is 0.683. The van der Waals surface area contributed by atoms with Gasteiger partial charge in [-0.2, -0.15) is 0 Å². The normalized spacial score (nSPS) is 9.90. The second-order valence-corrected chi connectivity index (χ2v) is 2.99. The minimum atomic E-state index is 1.16. The smallest absolute Gasteiger partial charge is 0.00553 e. The lowest BCUT2D eigenvalue weighted by Crippen LogP contribution is -1.92. The number of allylic oxidation sites excluding steroid dienone is 1. The maximum Gasteiger partial charge on any atom is 0.00553 e. The number of hydrogen-bond acceptors (Lipinski definition) is 2. The molecule has 0 saturated heterocycles. The van der Waals surface area contributed by atoms with Gasteiger partial charge in [-0.25, -0.2) is 0 Å². The number of thioether (sulfide) groups is 1. The summed E-state index contributed by atoms with van der Waals surface area (Å²) in [5, 5.41) is 2.97. The van der Waals surface area contributed by atoms with Gasteiger partial charge in [0.25, 0.3) is 0 Å². The third-order valence-corrected chi connectivity index (χ3v) is 1.58. The van der Waals surface area contributed by atoms with Crippen molar-refractivity contribution in [1.29, 1.82) is 0 Å². The molecule has 0 saturated carbocycles. The molecule has 62 valence electrons. The van der Waals surface area contributed by atoms with E-state index < -0.39 is 0 Å². The van der Waals surface area contributed by atoms with Crippen LogP contribution in [0.4, 0.5) is 0 Å². The van der Waals surface area contributed by atoms with Crippen molar-refractivity contribution in [2.75, 3.05) is 12.8 Å². The second kappa shape index (κ2) is 11.7. The lowest BCUT2D eigenvalue weighted by atomic mass is 10.7. The summed E-state index contributed by atoms with van der Waals surface area (Å²) in [6.45, 7) is 8.25. The summed E-state index contributed by atoms with van der Waals surface area (Å²) in [6, 6.07) is 0. The fraction of sp³-hybridized carbons (Fsp3) is 0.750. The van der Waals surface area contributed by atoms with Crippen LogP contribution in [0.3, 0.4) is 0 Å². The van der Waals surface area contributed by atoms with E-state index in [0.29, 0.717) is 0 Å². The van der Waals surface area contributed by atoms with Gasteiger partial charge < -0.3 is 5.32 Å². The molecule has 1 nitrogen and oxygen atoms in total. The summed E-state index contributed by atoms with van der Waals surface area (Å²) < 4.78 is 0. The van der Waals surface area contributed by atoms with E-state index in [-0.39, 0.29) is 0 Å². The highest BCUT2D eigenvalue weighted by atomic mass is 32.2. The molecule has 0 atom stereocenters. The lowest BCUT2D eigenvalue weighted by molar-refractivity contribution is 1.09. The van der Waals surface area contributed by atoms with E-state index >= 15 is 0 Å². The van der Waals surface area contributed by atoms with Crippen LogP contribution in [0.2, 0.25) is 0 Å². The molecule has 0 amide bonds. The van der Waals surface area contributed by atoms with Crippen LogP contribution >= 0.6 is 11.8 Å². The minimum Gasteiger partial charge on any atom is -0.393 e. The molecular formula is C8H19NS. The minimum absolute atomic E-state index is 1.16. The van der Waals surface area contributed by atoms with Crippen molar-refractivity contribution in [2.24, 2.45) is 0 Å². The van der Waals surface area contributed by atoms with Crippen molar-refractivity contribution < 1.29 is 0 Å². The topological polar surface area (TPSA) is 12.0 Å².